The van der Waals surface area contributed by atoms with Gasteiger partial charge in [-0.2, -0.15) is 0 Å². The number of primary amides is 1. The van der Waals surface area contributed by atoms with Crippen molar-refractivity contribution in [2.24, 2.45) is 5.73 Å². The molecule has 7 N–H and O–H groups in total. The Hall–Kier alpha value is -3.55. The van der Waals surface area contributed by atoms with Crippen LogP contribution in [0, 0.1) is 0 Å². The summed E-state index contributed by atoms with van der Waals surface area (Å²) in [5, 5.41) is 22.6. The number of nitrogens with zero attached hydrogens (tertiary/aromatic N) is 1. The molecule has 0 bridgehead atoms. The Morgan fingerprint density at radius 1 is 1.07 bits per heavy atom. The molecule has 2 heterocycles. The lowest BCUT2D eigenvalue weighted by Crippen LogP contribution is -2.59. The maximum atomic E-state index is 13.6. The minimum atomic E-state index is -1.71. The van der Waals surface area contributed by atoms with Gasteiger partial charge in [-0.05, 0) is 71.5 Å². The van der Waals surface area contributed by atoms with Gasteiger partial charge < -0.3 is 41.7 Å². The predicted octanol–water partition coefficient (Wildman–Crippen LogP) is -0.891. The number of hydrogen-bond donors (Lipinski definition) is 6. The second-order valence-corrected chi connectivity index (χ2v) is 12.2. The van der Waals surface area contributed by atoms with Gasteiger partial charge in [-0.1, -0.05) is 30.3 Å². The molecule has 3 rings (SSSR count). The van der Waals surface area contributed by atoms with Crippen LogP contribution in [0.2, 0.25) is 0 Å². The third-order valence-electron chi connectivity index (χ3n) is 7.39. The summed E-state index contributed by atoms with van der Waals surface area (Å²) in [6.45, 7) is 7.06. The minimum Gasteiger partial charge on any atom is -0.381 e. The molecule has 2 fully saturated rings. The van der Waals surface area contributed by atoms with Crippen molar-refractivity contribution in [3.63, 3.8) is 0 Å². The molecule has 4 atom stereocenters. The van der Waals surface area contributed by atoms with Crippen LogP contribution < -0.4 is 27.0 Å². The third kappa shape index (κ3) is 10.9. The molecule has 2 saturated heterocycles. The molecule has 2 aliphatic rings. The van der Waals surface area contributed by atoms with Crippen molar-refractivity contribution in [3.8, 4) is 0 Å². The van der Waals surface area contributed by atoms with Gasteiger partial charge in [-0.25, -0.2) is 0 Å². The van der Waals surface area contributed by atoms with Gasteiger partial charge in [0.15, 0.2) is 6.10 Å². The van der Waals surface area contributed by atoms with Crippen LogP contribution in [0.1, 0.15) is 58.4 Å². The molecule has 13 nitrogen and oxygen atoms in total. The van der Waals surface area contributed by atoms with Gasteiger partial charge in [0.05, 0.1) is 18.6 Å². The van der Waals surface area contributed by atoms with Crippen LogP contribution in [0.4, 0.5) is 0 Å². The van der Waals surface area contributed by atoms with Crippen LogP contribution in [0.25, 0.3) is 0 Å². The first-order valence-corrected chi connectivity index (χ1v) is 14.9. The number of aliphatic hydroxyl groups excluding tert-OH is 1. The highest BCUT2D eigenvalue weighted by atomic mass is 16.5. The lowest BCUT2D eigenvalue weighted by atomic mass is 9.99. The molecule has 238 valence electrons. The molecule has 13 heteroatoms. The molecule has 43 heavy (non-hydrogen) atoms. The molecule has 2 aliphatic heterocycles. The number of carbonyl (C=O) groups excluding carboxylic acids is 5. The highest BCUT2D eigenvalue weighted by Gasteiger charge is 2.40. The molecule has 0 aromatic heterocycles. The largest absolute Gasteiger partial charge is 0.381 e. The first kappa shape index (κ1) is 33.9. The van der Waals surface area contributed by atoms with E-state index in [1.54, 1.807) is 24.3 Å². The number of aliphatic hydroxyl groups is 1. The highest BCUT2D eigenvalue weighted by Crippen LogP contribution is 2.21. The van der Waals surface area contributed by atoms with E-state index in [0.717, 1.165) is 31.5 Å². The van der Waals surface area contributed by atoms with Gasteiger partial charge in [0.1, 0.15) is 18.7 Å². The Bertz CT molecular complexity index is 1120. The molecular formula is C30H46N6O7. The number of nitrogens with two attached hydrogens (primary N) is 1. The van der Waals surface area contributed by atoms with Crippen molar-refractivity contribution in [2.45, 2.75) is 95.2 Å². The number of rotatable bonds is 13. The zero-order valence-electron chi connectivity index (χ0n) is 25.3. The monoisotopic (exact) mass is 602 g/mol. The zero-order chi connectivity index (χ0) is 31.6. The maximum absolute atomic E-state index is 13.6. The van der Waals surface area contributed by atoms with Gasteiger partial charge in [-0.3, -0.25) is 24.0 Å². The molecule has 0 aliphatic carbocycles. The quantitative estimate of drug-likeness (QED) is 0.167. The average molecular weight is 603 g/mol. The molecule has 0 spiro atoms. The summed E-state index contributed by atoms with van der Waals surface area (Å²) in [5.74, 6) is -3.21. The van der Waals surface area contributed by atoms with E-state index >= 15 is 0 Å². The summed E-state index contributed by atoms with van der Waals surface area (Å²) in [7, 11) is 0. The molecule has 1 aromatic carbocycles. The Balaban J connectivity index is 1.74. The van der Waals surface area contributed by atoms with E-state index in [9.17, 15) is 29.1 Å². The van der Waals surface area contributed by atoms with E-state index in [-0.39, 0.29) is 31.6 Å². The maximum Gasteiger partial charge on any atom is 0.254 e. The van der Waals surface area contributed by atoms with Crippen molar-refractivity contribution in [2.75, 3.05) is 26.2 Å². The van der Waals surface area contributed by atoms with E-state index in [4.69, 9.17) is 10.5 Å². The van der Waals surface area contributed by atoms with Crippen LogP contribution in [0.3, 0.4) is 0 Å². The first-order chi connectivity index (χ1) is 20.3. The van der Waals surface area contributed by atoms with Crippen molar-refractivity contribution < 1.29 is 33.8 Å². The summed E-state index contributed by atoms with van der Waals surface area (Å²) in [6, 6.07) is 5.72. The van der Waals surface area contributed by atoms with Crippen LogP contribution >= 0.6 is 0 Å². The lowest BCUT2D eigenvalue weighted by molar-refractivity contribution is -0.147. The van der Waals surface area contributed by atoms with Crippen LogP contribution in [0.15, 0.2) is 30.3 Å². The van der Waals surface area contributed by atoms with E-state index in [0.29, 0.717) is 12.8 Å². The van der Waals surface area contributed by atoms with Gasteiger partial charge in [-0.15, -0.1) is 0 Å². The van der Waals surface area contributed by atoms with Gasteiger partial charge in [0.25, 0.3) is 5.91 Å². The van der Waals surface area contributed by atoms with Crippen molar-refractivity contribution >= 4 is 29.5 Å². The first-order valence-electron chi connectivity index (χ1n) is 14.9. The average Bonchev–Trinajstić information content (AvgIpc) is 3.45. The number of piperidine rings is 1. The molecule has 5 amide bonds. The molecule has 0 radical (unpaired) electrons. The Kier molecular flexibility index (Phi) is 12.5. The fourth-order valence-electron chi connectivity index (χ4n) is 5.29. The fourth-order valence-corrected chi connectivity index (χ4v) is 5.29. The van der Waals surface area contributed by atoms with E-state index in [1.165, 1.54) is 4.90 Å². The van der Waals surface area contributed by atoms with Crippen molar-refractivity contribution in [1.29, 1.82) is 0 Å². The third-order valence-corrected chi connectivity index (χ3v) is 7.39. The number of benzene rings is 1. The van der Waals surface area contributed by atoms with Gasteiger partial charge in [0.2, 0.25) is 23.6 Å². The SMILES string of the molecule is CC(C)(C)NC(=O)[C@@H]1CCCN1C(=O)C(O)C(Cc1ccccc1)NC(=O)[C@H](CC(N)=O)NC(=O)COC1CCNCC1. The van der Waals surface area contributed by atoms with Gasteiger partial charge in [0, 0.05) is 12.1 Å². The number of carbonyl (C=O) groups is 5. The van der Waals surface area contributed by atoms with E-state index in [2.05, 4.69) is 21.3 Å². The molecule has 0 saturated carbocycles. The number of likely N-dealkylation sites (tertiary alicyclic amines) is 1. The summed E-state index contributed by atoms with van der Waals surface area (Å²) in [6.07, 6.45) is 0.316. The van der Waals surface area contributed by atoms with E-state index in [1.807, 2.05) is 26.8 Å². The summed E-state index contributed by atoms with van der Waals surface area (Å²) >= 11 is 0. The topological polar surface area (TPSA) is 192 Å². The predicted molar refractivity (Wildman–Crippen MR) is 158 cm³/mol. The standard InChI is InChI=1S/C30H46N6O7/c1-30(2,3)35-28(41)23-10-7-15-36(23)29(42)26(39)21(16-19-8-5-4-6-9-19)34-27(40)22(17-24(31)37)33-25(38)18-43-20-11-13-32-14-12-20/h4-6,8-9,20-23,26,32,39H,7,10-18H2,1-3H3,(H2,31,37)(H,33,38)(H,34,40)(H,35,41)/t21?,22-,23-,26?/m0/s1. The number of amides is 5. The summed E-state index contributed by atoms with van der Waals surface area (Å²) in [4.78, 5) is 65.7. The molecular weight excluding hydrogens is 556 g/mol. The van der Waals surface area contributed by atoms with Crippen molar-refractivity contribution in [1.82, 2.24) is 26.2 Å². The zero-order valence-corrected chi connectivity index (χ0v) is 25.3. The normalized spacial score (nSPS) is 19.6. The van der Waals surface area contributed by atoms with Crippen LogP contribution in [-0.2, 0) is 35.1 Å². The lowest BCUT2D eigenvalue weighted by Gasteiger charge is -2.32. The second-order valence-electron chi connectivity index (χ2n) is 12.2. The van der Waals surface area contributed by atoms with E-state index < -0.39 is 59.8 Å². The summed E-state index contributed by atoms with van der Waals surface area (Å²) in [5.41, 5.74) is 5.60. The Labute approximate surface area is 252 Å². The minimum absolute atomic E-state index is 0.0717. The Morgan fingerprint density at radius 3 is 2.37 bits per heavy atom. The summed E-state index contributed by atoms with van der Waals surface area (Å²) < 4.78 is 5.65. The molecule has 1 aromatic rings. The number of nitrogens with one attached hydrogen (secondary N) is 4. The van der Waals surface area contributed by atoms with Crippen LogP contribution in [-0.4, -0.2) is 102 Å². The fraction of sp³-hybridized carbons (Fsp3) is 0.633. The second kappa shape index (κ2) is 15.8. The van der Waals surface area contributed by atoms with Crippen molar-refractivity contribution in [3.05, 3.63) is 35.9 Å². The molecule has 2 unspecified atom stereocenters. The number of hydrogen-bond acceptors (Lipinski definition) is 8. The smallest absolute Gasteiger partial charge is 0.254 e. The van der Waals surface area contributed by atoms with Gasteiger partial charge >= 0.3 is 0 Å². The number of ether oxygens (including phenoxy) is 1. The Morgan fingerprint density at radius 2 is 1.74 bits per heavy atom. The highest BCUT2D eigenvalue weighted by molar-refractivity contribution is 5.93. The van der Waals surface area contributed by atoms with Crippen LogP contribution in [0.5, 0.6) is 0 Å².